The van der Waals surface area contributed by atoms with Crippen molar-refractivity contribution in [3.8, 4) is 0 Å². The SMILES string of the molecule is O=S1(=O)CC2C(C1)N(Cc1ccc(CO)o1)CCN2Cc1cccnc1. The first-order valence-electron chi connectivity index (χ1n) is 8.80. The zero-order chi connectivity index (χ0) is 18.1. The van der Waals surface area contributed by atoms with Crippen LogP contribution in [0, 0.1) is 0 Å². The number of fused-ring (bicyclic) bond motifs is 1. The molecule has 0 saturated carbocycles. The minimum atomic E-state index is -3.05. The maximum absolute atomic E-state index is 12.3. The van der Waals surface area contributed by atoms with E-state index in [9.17, 15) is 8.42 Å². The Bertz CT molecular complexity index is 852. The van der Waals surface area contributed by atoms with Gasteiger partial charge in [-0.1, -0.05) is 6.07 Å². The number of furan rings is 1. The predicted octanol–water partition coefficient (Wildman–Crippen LogP) is 0.650. The molecule has 0 radical (unpaired) electrons. The Morgan fingerprint density at radius 2 is 1.77 bits per heavy atom. The number of hydrogen-bond donors (Lipinski definition) is 1. The molecule has 2 fully saturated rings. The van der Waals surface area contributed by atoms with Gasteiger partial charge in [-0.25, -0.2) is 8.42 Å². The summed E-state index contributed by atoms with van der Waals surface area (Å²) in [6.45, 7) is 2.75. The Morgan fingerprint density at radius 1 is 1.08 bits per heavy atom. The number of aromatic nitrogens is 1. The lowest BCUT2D eigenvalue weighted by molar-refractivity contribution is 0.0312. The lowest BCUT2D eigenvalue weighted by Crippen LogP contribution is -2.58. The molecule has 0 amide bonds. The first kappa shape index (κ1) is 17.7. The summed E-state index contributed by atoms with van der Waals surface area (Å²) in [4.78, 5) is 8.63. The van der Waals surface area contributed by atoms with Crippen LogP contribution >= 0.6 is 0 Å². The highest BCUT2D eigenvalue weighted by Gasteiger charge is 2.46. The van der Waals surface area contributed by atoms with Gasteiger partial charge >= 0.3 is 0 Å². The molecule has 2 unspecified atom stereocenters. The van der Waals surface area contributed by atoms with Gasteiger partial charge in [0.1, 0.15) is 18.1 Å². The summed E-state index contributed by atoms with van der Waals surface area (Å²) in [5.74, 6) is 1.69. The quantitative estimate of drug-likeness (QED) is 0.819. The van der Waals surface area contributed by atoms with Crippen molar-refractivity contribution in [2.45, 2.75) is 31.8 Å². The number of pyridine rings is 1. The van der Waals surface area contributed by atoms with Crippen LogP contribution in [0.1, 0.15) is 17.1 Å². The number of nitrogens with zero attached hydrogens (tertiary/aromatic N) is 3. The summed E-state index contributed by atoms with van der Waals surface area (Å²) in [6.07, 6.45) is 3.58. The van der Waals surface area contributed by atoms with E-state index in [4.69, 9.17) is 9.52 Å². The summed E-state index contributed by atoms with van der Waals surface area (Å²) in [5, 5.41) is 9.15. The molecule has 2 aliphatic rings. The Hall–Kier alpha value is -1.74. The highest BCUT2D eigenvalue weighted by atomic mass is 32.2. The van der Waals surface area contributed by atoms with Gasteiger partial charge < -0.3 is 9.52 Å². The maximum atomic E-state index is 12.3. The molecular formula is C18H23N3O4S. The smallest absolute Gasteiger partial charge is 0.153 e. The van der Waals surface area contributed by atoms with Crippen molar-refractivity contribution >= 4 is 9.84 Å². The van der Waals surface area contributed by atoms with Crippen LogP contribution in [-0.2, 0) is 29.5 Å². The van der Waals surface area contributed by atoms with Gasteiger partial charge in [-0.15, -0.1) is 0 Å². The van der Waals surface area contributed by atoms with Crippen LogP contribution in [-0.4, -0.2) is 65.0 Å². The number of rotatable bonds is 5. The molecule has 1 N–H and O–H groups in total. The first-order chi connectivity index (χ1) is 12.5. The Balaban J connectivity index is 1.51. The van der Waals surface area contributed by atoms with Crippen molar-refractivity contribution in [3.63, 3.8) is 0 Å². The van der Waals surface area contributed by atoms with Crippen LogP contribution in [0.5, 0.6) is 0 Å². The number of aliphatic hydroxyl groups is 1. The average Bonchev–Trinajstić information content (AvgIpc) is 3.21. The fourth-order valence-electron chi connectivity index (χ4n) is 4.01. The average molecular weight is 377 g/mol. The van der Waals surface area contributed by atoms with Gasteiger partial charge in [-0.2, -0.15) is 0 Å². The number of piperazine rings is 1. The second-order valence-corrected chi connectivity index (χ2v) is 9.19. The molecule has 2 saturated heterocycles. The first-order valence-corrected chi connectivity index (χ1v) is 10.6. The van der Waals surface area contributed by atoms with E-state index in [2.05, 4.69) is 14.8 Å². The van der Waals surface area contributed by atoms with Crippen molar-refractivity contribution in [2.24, 2.45) is 0 Å². The van der Waals surface area contributed by atoms with E-state index in [1.807, 2.05) is 24.4 Å². The zero-order valence-corrected chi connectivity index (χ0v) is 15.3. The fourth-order valence-corrected chi connectivity index (χ4v) is 6.05. The Morgan fingerprint density at radius 3 is 2.38 bits per heavy atom. The molecule has 0 aliphatic carbocycles. The molecule has 4 heterocycles. The molecule has 26 heavy (non-hydrogen) atoms. The van der Waals surface area contributed by atoms with E-state index in [-0.39, 0.29) is 30.2 Å². The van der Waals surface area contributed by atoms with E-state index in [1.165, 1.54) is 0 Å². The second kappa shape index (κ2) is 7.11. The Kier molecular flexibility index (Phi) is 4.83. The van der Waals surface area contributed by atoms with Gasteiger partial charge in [0, 0.05) is 44.1 Å². The van der Waals surface area contributed by atoms with Crippen molar-refractivity contribution in [2.75, 3.05) is 24.6 Å². The summed E-state index contributed by atoms with van der Waals surface area (Å²) in [5.41, 5.74) is 1.10. The van der Waals surface area contributed by atoms with E-state index in [0.29, 0.717) is 18.8 Å². The number of hydrogen-bond acceptors (Lipinski definition) is 7. The van der Waals surface area contributed by atoms with Crippen LogP contribution in [0.4, 0.5) is 0 Å². The number of sulfone groups is 1. The van der Waals surface area contributed by atoms with Crippen LogP contribution in [0.2, 0.25) is 0 Å². The molecule has 2 atom stereocenters. The van der Waals surface area contributed by atoms with E-state index in [0.717, 1.165) is 24.4 Å². The van der Waals surface area contributed by atoms with Gasteiger partial charge in [-0.05, 0) is 23.8 Å². The molecule has 0 spiro atoms. The molecule has 8 heteroatoms. The Labute approximate surface area is 153 Å². The van der Waals surface area contributed by atoms with Crippen molar-refractivity contribution in [1.82, 2.24) is 14.8 Å². The molecule has 2 aliphatic heterocycles. The molecule has 0 aromatic carbocycles. The van der Waals surface area contributed by atoms with Crippen molar-refractivity contribution in [3.05, 3.63) is 53.7 Å². The largest absolute Gasteiger partial charge is 0.462 e. The molecular weight excluding hydrogens is 354 g/mol. The third kappa shape index (κ3) is 3.68. The van der Waals surface area contributed by atoms with Crippen LogP contribution in [0.25, 0.3) is 0 Å². The lowest BCUT2D eigenvalue weighted by Gasteiger charge is -2.43. The maximum Gasteiger partial charge on any atom is 0.153 e. The monoisotopic (exact) mass is 377 g/mol. The summed E-state index contributed by atoms with van der Waals surface area (Å²) in [6, 6.07) is 7.50. The molecule has 4 rings (SSSR count). The zero-order valence-electron chi connectivity index (χ0n) is 14.5. The van der Waals surface area contributed by atoms with Crippen molar-refractivity contribution < 1.29 is 17.9 Å². The minimum Gasteiger partial charge on any atom is -0.462 e. The predicted molar refractivity (Wildman–Crippen MR) is 95.9 cm³/mol. The van der Waals surface area contributed by atoms with Crippen LogP contribution in [0.3, 0.4) is 0 Å². The van der Waals surface area contributed by atoms with Gasteiger partial charge in [0.15, 0.2) is 9.84 Å². The third-order valence-electron chi connectivity index (χ3n) is 5.25. The number of aliphatic hydroxyl groups excluding tert-OH is 1. The van der Waals surface area contributed by atoms with Gasteiger partial charge in [0.25, 0.3) is 0 Å². The minimum absolute atomic E-state index is 0.0127. The van der Waals surface area contributed by atoms with E-state index in [1.54, 1.807) is 12.3 Å². The normalized spacial score (nSPS) is 26.0. The highest BCUT2D eigenvalue weighted by molar-refractivity contribution is 7.91. The lowest BCUT2D eigenvalue weighted by atomic mass is 10.0. The summed E-state index contributed by atoms with van der Waals surface area (Å²) in [7, 11) is -3.05. The van der Waals surface area contributed by atoms with E-state index >= 15 is 0 Å². The van der Waals surface area contributed by atoms with Crippen LogP contribution in [0.15, 0.2) is 41.1 Å². The van der Waals surface area contributed by atoms with Crippen molar-refractivity contribution in [1.29, 1.82) is 0 Å². The van der Waals surface area contributed by atoms with Gasteiger partial charge in [0.2, 0.25) is 0 Å². The summed E-state index contributed by atoms with van der Waals surface area (Å²) < 4.78 is 30.2. The highest BCUT2D eigenvalue weighted by Crippen LogP contribution is 2.29. The topological polar surface area (TPSA) is 86.9 Å². The van der Waals surface area contributed by atoms with Gasteiger partial charge in [-0.3, -0.25) is 14.8 Å². The standard InChI is InChI=1S/C18H23N3O4S/c22-11-16-4-3-15(25-16)10-21-7-6-20(9-14-2-1-5-19-8-14)17-12-26(23,24)13-18(17)21/h1-5,8,17-18,22H,6-7,9-13H2. The molecule has 140 valence electrons. The molecule has 7 nitrogen and oxygen atoms in total. The van der Waals surface area contributed by atoms with Crippen LogP contribution < -0.4 is 0 Å². The second-order valence-electron chi connectivity index (χ2n) is 7.04. The third-order valence-corrected chi connectivity index (χ3v) is 6.95. The molecule has 2 aromatic heterocycles. The van der Waals surface area contributed by atoms with E-state index < -0.39 is 9.84 Å². The molecule has 0 bridgehead atoms. The van der Waals surface area contributed by atoms with Gasteiger partial charge in [0.05, 0.1) is 18.1 Å². The molecule has 2 aromatic rings. The summed E-state index contributed by atoms with van der Waals surface area (Å²) >= 11 is 0. The fraction of sp³-hybridized carbons (Fsp3) is 0.500.